The summed E-state index contributed by atoms with van der Waals surface area (Å²) in [4.78, 5) is 4.32. The lowest BCUT2D eigenvalue weighted by molar-refractivity contribution is 0.216. The molecule has 1 atom stereocenters. The molecule has 0 aliphatic carbocycles. The van der Waals surface area contributed by atoms with Crippen LogP contribution in [0.1, 0.15) is 18.2 Å². The first kappa shape index (κ1) is 15.4. The van der Waals surface area contributed by atoms with Gasteiger partial charge in [0, 0.05) is 36.4 Å². The molecular weight excluding hydrogens is 295 g/mol. The van der Waals surface area contributed by atoms with Crippen molar-refractivity contribution in [2.24, 2.45) is 0 Å². The molecule has 23 heavy (non-hydrogen) atoms. The summed E-state index contributed by atoms with van der Waals surface area (Å²) in [7, 11) is 0. The molecule has 1 unspecified atom stereocenters. The summed E-state index contributed by atoms with van der Waals surface area (Å²) < 4.78 is 18.8. The number of hydrogen-bond donors (Lipinski definition) is 2. The average molecular weight is 314 g/mol. The molecule has 0 bridgehead atoms. The maximum absolute atomic E-state index is 13.1. The number of aromatic amines is 1. The molecule has 2 heterocycles. The van der Waals surface area contributed by atoms with Crippen LogP contribution in [0.5, 0.6) is 5.75 Å². The largest absolute Gasteiger partial charge is 0.489 e. The second kappa shape index (κ2) is 6.75. The SMILES string of the molecule is Cc1[nH]nc2ncc(CNCC(C)Oc3cccc(F)c3)cc12. The van der Waals surface area contributed by atoms with Crippen LogP contribution in [0, 0.1) is 12.7 Å². The van der Waals surface area contributed by atoms with Crippen LogP contribution in [0.15, 0.2) is 36.5 Å². The molecule has 3 rings (SSSR count). The number of ether oxygens (including phenoxy) is 1. The molecule has 0 aliphatic heterocycles. The Balaban J connectivity index is 1.52. The number of hydrogen-bond acceptors (Lipinski definition) is 4. The quantitative estimate of drug-likeness (QED) is 0.734. The summed E-state index contributed by atoms with van der Waals surface area (Å²) >= 11 is 0. The van der Waals surface area contributed by atoms with E-state index in [1.54, 1.807) is 12.1 Å². The van der Waals surface area contributed by atoms with Crippen LogP contribution in [-0.2, 0) is 6.54 Å². The molecule has 0 saturated carbocycles. The van der Waals surface area contributed by atoms with Crippen molar-refractivity contribution in [1.82, 2.24) is 20.5 Å². The lowest BCUT2D eigenvalue weighted by Crippen LogP contribution is -2.28. The summed E-state index contributed by atoms with van der Waals surface area (Å²) in [5, 5.41) is 11.4. The van der Waals surface area contributed by atoms with Gasteiger partial charge in [-0.15, -0.1) is 0 Å². The molecule has 0 aliphatic rings. The van der Waals surface area contributed by atoms with Gasteiger partial charge in [-0.3, -0.25) is 5.10 Å². The molecule has 5 nitrogen and oxygen atoms in total. The Morgan fingerprint density at radius 2 is 2.22 bits per heavy atom. The minimum absolute atomic E-state index is 0.0656. The highest BCUT2D eigenvalue weighted by Crippen LogP contribution is 2.15. The molecular formula is C17H19FN4O. The number of halogens is 1. The van der Waals surface area contributed by atoms with Crippen LogP contribution in [0.4, 0.5) is 4.39 Å². The molecule has 2 N–H and O–H groups in total. The Hall–Kier alpha value is -2.47. The average Bonchev–Trinajstić information content (AvgIpc) is 2.88. The standard InChI is InChI=1S/C17H19FN4O/c1-11(23-15-5-3-4-14(18)7-15)8-19-9-13-6-16-12(2)21-22-17(16)20-10-13/h3-7,10-11,19H,8-9H2,1-2H3,(H,20,21,22). The zero-order chi connectivity index (χ0) is 16.2. The van der Waals surface area contributed by atoms with Crippen LogP contribution in [0.25, 0.3) is 11.0 Å². The zero-order valence-corrected chi connectivity index (χ0v) is 13.1. The van der Waals surface area contributed by atoms with Crippen molar-refractivity contribution < 1.29 is 9.13 Å². The number of H-pyrrole nitrogens is 1. The van der Waals surface area contributed by atoms with Crippen molar-refractivity contribution in [2.45, 2.75) is 26.5 Å². The number of aryl methyl sites for hydroxylation is 1. The van der Waals surface area contributed by atoms with E-state index in [4.69, 9.17) is 4.74 Å². The summed E-state index contributed by atoms with van der Waals surface area (Å²) in [5.41, 5.74) is 2.83. The first-order chi connectivity index (χ1) is 11.1. The fraction of sp³-hybridized carbons (Fsp3) is 0.294. The normalized spacial score (nSPS) is 12.5. The maximum atomic E-state index is 13.1. The zero-order valence-electron chi connectivity index (χ0n) is 13.1. The number of benzene rings is 1. The van der Waals surface area contributed by atoms with E-state index in [0.717, 1.165) is 22.3 Å². The molecule has 0 amide bonds. The topological polar surface area (TPSA) is 62.8 Å². The summed E-state index contributed by atoms with van der Waals surface area (Å²) in [6, 6.07) is 8.25. The summed E-state index contributed by atoms with van der Waals surface area (Å²) in [6.45, 7) is 5.26. The Kier molecular flexibility index (Phi) is 4.52. The maximum Gasteiger partial charge on any atom is 0.181 e. The van der Waals surface area contributed by atoms with Gasteiger partial charge in [0.25, 0.3) is 0 Å². The predicted octanol–water partition coefficient (Wildman–Crippen LogP) is 2.96. The van der Waals surface area contributed by atoms with Crippen LogP contribution < -0.4 is 10.1 Å². The lowest BCUT2D eigenvalue weighted by atomic mass is 10.2. The van der Waals surface area contributed by atoms with E-state index in [1.807, 2.05) is 20.0 Å². The number of aromatic nitrogens is 3. The Bertz CT molecular complexity index is 802. The fourth-order valence-electron chi connectivity index (χ4n) is 2.39. The van der Waals surface area contributed by atoms with Gasteiger partial charge in [0.2, 0.25) is 0 Å². The number of pyridine rings is 1. The number of fused-ring (bicyclic) bond motifs is 1. The molecule has 0 spiro atoms. The minimum atomic E-state index is -0.294. The van der Waals surface area contributed by atoms with E-state index in [9.17, 15) is 4.39 Å². The molecule has 1 aromatic carbocycles. The van der Waals surface area contributed by atoms with Crippen molar-refractivity contribution in [3.05, 3.63) is 53.6 Å². The highest BCUT2D eigenvalue weighted by molar-refractivity contribution is 5.77. The van der Waals surface area contributed by atoms with E-state index < -0.39 is 0 Å². The molecule has 120 valence electrons. The van der Waals surface area contributed by atoms with E-state index in [0.29, 0.717) is 18.8 Å². The Morgan fingerprint density at radius 1 is 1.35 bits per heavy atom. The van der Waals surface area contributed by atoms with Crippen molar-refractivity contribution in [2.75, 3.05) is 6.54 Å². The lowest BCUT2D eigenvalue weighted by Gasteiger charge is -2.15. The predicted molar refractivity (Wildman–Crippen MR) is 86.8 cm³/mol. The first-order valence-electron chi connectivity index (χ1n) is 7.54. The summed E-state index contributed by atoms with van der Waals surface area (Å²) in [6.07, 6.45) is 1.75. The van der Waals surface area contributed by atoms with Crippen LogP contribution >= 0.6 is 0 Å². The van der Waals surface area contributed by atoms with Gasteiger partial charge in [-0.25, -0.2) is 9.37 Å². The van der Waals surface area contributed by atoms with Crippen LogP contribution in [0.2, 0.25) is 0 Å². The Morgan fingerprint density at radius 3 is 3.04 bits per heavy atom. The monoisotopic (exact) mass is 314 g/mol. The van der Waals surface area contributed by atoms with Crippen molar-refractivity contribution >= 4 is 11.0 Å². The van der Waals surface area contributed by atoms with Crippen LogP contribution in [0.3, 0.4) is 0 Å². The fourth-order valence-corrected chi connectivity index (χ4v) is 2.39. The second-order valence-electron chi connectivity index (χ2n) is 5.58. The minimum Gasteiger partial charge on any atom is -0.489 e. The summed E-state index contributed by atoms with van der Waals surface area (Å²) in [5.74, 6) is 0.244. The van der Waals surface area contributed by atoms with E-state index >= 15 is 0 Å². The highest BCUT2D eigenvalue weighted by atomic mass is 19.1. The van der Waals surface area contributed by atoms with Gasteiger partial charge in [0.15, 0.2) is 5.65 Å². The molecule has 0 radical (unpaired) electrons. The van der Waals surface area contributed by atoms with Gasteiger partial charge in [-0.2, -0.15) is 5.10 Å². The van der Waals surface area contributed by atoms with Crippen molar-refractivity contribution in [1.29, 1.82) is 0 Å². The van der Waals surface area contributed by atoms with Crippen LogP contribution in [-0.4, -0.2) is 27.8 Å². The third kappa shape index (κ3) is 3.84. The third-order valence-electron chi connectivity index (χ3n) is 3.55. The molecule has 0 saturated heterocycles. The number of rotatable bonds is 6. The van der Waals surface area contributed by atoms with Gasteiger partial charge in [-0.1, -0.05) is 6.07 Å². The highest BCUT2D eigenvalue weighted by Gasteiger charge is 2.06. The molecule has 3 aromatic rings. The third-order valence-corrected chi connectivity index (χ3v) is 3.55. The van der Waals surface area contributed by atoms with E-state index in [2.05, 4.69) is 26.6 Å². The number of nitrogens with one attached hydrogen (secondary N) is 2. The van der Waals surface area contributed by atoms with Gasteiger partial charge >= 0.3 is 0 Å². The molecule has 0 fully saturated rings. The molecule has 2 aromatic heterocycles. The van der Waals surface area contributed by atoms with Gasteiger partial charge in [0.1, 0.15) is 17.7 Å². The van der Waals surface area contributed by atoms with Gasteiger partial charge in [-0.05, 0) is 37.6 Å². The second-order valence-corrected chi connectivity index (χ2v) is 5.58. The Labute approximate surface area is 133 Å². The van der Waals surface area contributed by atoms with E-state index in [1.165, 1.54) is 12.1 Å². The van der Waals surface area contributed by atoms with Gasteiger partial charge < -0.3 is 10.1 Å². The van der Waals surface area contributed by atoms with Crippen molar-refractivity contribution in [3.8, 4) is 5.75 Å². The smallest absolute Gasteiger partial charge is 0.181 e. The number of nitrogens with zero attached hydrogens (tertiary/aromatic N) is 2. The van der Waals surface area contributed by atoms with Gasteiger partial charge in [0.05, 0.1) is 0 Å². The van der Waals surface area contributed by atoms with Crippen molar-refractivity contribution in [3.63, 3.8) is 0 Å². The first-order valence-corrected chi connectivity index (χ1v) is 7.54. The molecule has 6 heteroatoms. The van der Waals surface area contributed by atoms with E-state index in [-0.39, 0.29) is 11.9 Å².